The van der Waals surface area contributed by atoms with Crippen molar-refractivity contribution < 1.29 is 9.53 Å². The van der Waals surface area contributed by atoms with Gasteiger partial charge in [0.15, 0.2) is 6.61 Å². The molecule has 0 aliphatic rings. The highest BCUT2D eigenvalue weighted by molar-refractivity contribution is 7.09. The van der Waals surface area contributed by atoms with Crippen molar-refractivity contribution in [1.29, 1.82) is 0 Å². The molecule has 0 saturated heterocycles. The number of rotatable bonds is 6. The molecule has 0 saturated carbocycles. The zero-order chi connectivity index (χ0) is 17.6. The van der Waals surface area contributed by atoms with Crippen molar-refractivity contribution in [2.24, 2.45) is 0 Å². The monoisotopic (exact) mass is 372 g/mol. The summed E-state index contributed by atoms with van der Waals surface area (Å²) >= 11 is 7.40. The first-order valence-electron chi connectivity index (χ1n) is 7.77. The van der Waals surface area contributed by atoms with E-state index in [0.29, 0.717) is 17.3 Å². The van der Waals surface area contributed by atoms with Crippen LogP contribution >= 0.6 is 22.9 Å². The predicted octanol–water partition coefficient (Wildman–Crippen LogP) is 4.47. The first-order valence-corrected chi connectivity index (χ1v) is 9.02. The molecule has 4 nitrogen and oxygen atoms in total. The Kier molecular flexibility index (Phi) is 5.68. The highest BCUT2D eigenvalue weighted by Gasteiger charge is 2.07. The van der Waals surface area contributed by atoms with Crippen molar-refractivity contribution in [2.75, 3.05) is 6.61 Å². The Balaban J connectivity index is 1.50. The third kappa shape index (κ3) is 5.05. The maximum atomic E-state index is 11.9. The molecule has 2 aromatic carbocycles. The van der Waals surface area contributed by atoms with E-state index in [1.807, 2.05) is 60.8 Å². The molecule has 6 heteroatoms. The number of aromatic nitrogens is 1. The maximum absolute atomic E-state index is 11.9. The van der Waals surface area contributed by atoms with Crippen LogP contribution in [0.1, 0.15) is 10.6 Å². The van der Waals surface area contributed by atoms with Crippen LogP contribution in [0.25, 0.3) is 11.3 Å². The smallest absolute Gasteiger partial charge is 0.258 e. The molecular weight excluding hydrogens is 356 g/mol. The van der Waals surface area contributed by atoms with E-state index < -0.39 is 0 Å². The lowest BCUT2D eigenvalue weighted by Gasteiger charge is -2.07. The molecular formula is C19H17ClN2O2S. The summed E-state index contributed by atoms with van der Waals surface area (Å²) in [5, 5.41) is 6.32. The van der Waals surface area contributed by atoms with Crippen molar-refractivity contribution in [3.63, 3.8) is 0 Å². The summed E-state index contributed by atoms with van der Waals surface area (Å²) in [7, 11) is 0. The van der Waals surface area contributed by atoms with E-state index in [0.717, 1.165) is 21.8 Å². The molecule has 128 valence electrons. The van der Waals surface area contributed by atoms with Gasteiger partial charge in [-0.05, 0) is 36.8 Å². The standard InChI is InChI=1S/C19H17ClN2O2S/c1-13-3-2-4-16(9-13)24-11-18(23)21-10-19-22-17(12-25-19)14-5-7-15(20)8-6-14/h2-9,12H,10-11H2,1H3,(H,21,23). The van der Waals surface area contributed by atoms with Crippen LogP contribution in [0.15, 0.2) is 53.9 Å². The zero-order valence-electron chi connectivity index (χ0n) is 13.7. The number of nitrogens with one attached hydrogen (secondary N) is 1. The van der Waals surface area contributed by atoms with Crippen molar-refractivity contribution in [3.05, 3.63) is 69.5 Å². The number of aryl methyl sites for hydroxylation is 1. The van der Waals surface area contributed by atoms with Crippen molar-refractivity contribution in [2.45, 2.75) is 13.5 Å². The van der Waals surface area contributed by atoms with Gasteiger partial charge < -0.3 is 10.1 Å². The number of amides is 1. The van der Waals surface area contributed by atoms with Gasteiger partial charge in [-0.2, -0.15) is 0 Å². The van der Waals surface area contributed by atoms with Crippen molar-refractivity contribution in [1.82, 2.24) is 10.3 Å². The van der Waals surface area contributed by atoms with Gasteiger partial charge in [0.25, 0.3) is 5.91 Å². The molecule has 1 amide bonds. The normalized spacial score (nSPS) is 10.5. The molecule has 25 heavy (non-hydrogen) atoms. The lowest BCUT2D eigenvalue weighted by molar-refractivity contribution is -0.123. The Labute approximate surface area is 155 Å². The van der Waals surface area contributed by atoms with E-state index in [-0.39, 0.29) is 12.5 Å². The van der Waals surface area contributed by atoms with Crippen LogP contribution in [0.4, 0.5) is 0 Å². The second kappa shape index (κ2) is 8.14. The summed E-state index contributed by atoms with van der Waals surface area (Å²) in [6.07, 6.45) is 0. The van der Waals surface area contributed by atoms with Gasteiger partial charge in [-0.1, -0.05) is 35.9 Å². The average Bonchev–Trinajstić information content (AvgIpc) is 3.08. The number of benzene rings is 2. The van der Waals surface area contributed by atoms with Crippen LogP contribution in [0.5, 0.6) is 5.75 Å². The Hall–Kier alpha value is -2.37. The molecule has 0 aliphatic heterocycles. The quantitative estimate of drug-likeness (QED) is 0.694. The number of nitrogens with zero attached hydrogens (tertiary/aromatic N) is 1. The fourth-order valence-corrected chi connectivity index (χ4v) is 3.09. The minimum Gasteiger partial charge on any atom is -0.484 e. The highest BCUT2D eigenvalue weighted by atomic mass is 35.5. The van der Waals surface area contributed by atoms with E-state index in [1.54, 1.807) is 0 Å². The third-order valence-corrected chi connectivity index (χ3v) is 4.59. The molecule has 0 bridgehead atoms. The van der Waals surface area contributed by atoms with Crippen LogP contribution in [0.3, 0.4) is 0 Å². The van der Waals surface area contributed by atoms with Gasteiger partial charge in [0.1, 0.15) is 10.8 Å². The minimum absolute atomic E-state index is 0.0150. The summed E-state index contributed by atoms with van der Waals surface area (Å²) in [5.41, 5.74) is 2.97. The number of hydrogen-bond acceptors (Lipinski definition) is 4. The SMILES string of the molecule is Cc1cccc(OCC(=O)NCc2nc(-c3ccc(Cl)cc3)cs2)c1. The molecule has 0 spiro atoms. The first-order chi connectivity index (χ1) is 12.1. The molecule has 0 radical (unpaired) electrons. The molecule has 0 atom stereocenters. The van der Waals surface area contributed by atoms with Crippen molar-refractivity contribution >= 4 is 28.8 Å². The number of carbonyl (C=O) groups is 1. The molecule has 0 aliphatic carbocycles. The summed E-state index contributed by atoms with van der Waals surface area (Å²) in [5.74, 6) is 0.513. The molecule has 3 rings (SSSR count). The minimum atomic E-state index is -0.176. The first kappa shape index (κ1) is 17.5. The fraction of sp³-hybridized carbons (Fsp3) is 0.158. The van der Waals surface area contributed by atoms with Gasteiger partial charge in [-0.3, -0.25) is 4.79 Å². The Morgan fingerprint density at radius 1 is 1.24 bits per heavy atom. The van der Waals surface area contributed by atoms with Gasteiger partial charge in [0, 0.05) is 16.0 Å². The second-order valence-electron chi connectivity index (χ2n) is 5.52. The third-order valence-electron chi connectivity index (χ3n) is 3.49. The summed E-state index contributed by atoms with van der Waals surface area (Å²) in [6, 6.07) is 15.1. The molecule has 1 aromatic heterocycles. The lowest BCUT2D eigenvalue weighted by atomic mass is 10.2. The van der Waals surface area contributed by atoms with E-state index in [1.165, 1.54) is 11.3 Å². The maximum Gasteiger partial charge on any atom is 0.258 e. The Morgan fingerprint density at radius 3 is 2.80 bits per heavy atom. The van der Waals surface area contributed by atoms with E-state index in [4.69, 9.17) is 16.3 Å². The van der Waals surface area contributed by atoms with Crippen LogP contribution in [-0.2, 0) is 11.3 Å². The highest BCUT2D eigenvalue weighted by Crippen LogP contribution is 2.23. The van der Waals surface area contributed by atoms with E-state index >= 15 is 0 Å². The second-order valence-corrected chi connectivity index (χ2v) is 6.89. The molecule has 0 fully saturated rings. The van der Waals surface area contributed by atoms with Gasteiger partial charge >= 0.3 is 0 Å². The van der Waals surface area contributed by atoms with Crippen LogP contribution in [-0.4, -0.2) is 17.5 Å². The van der Waals surface area contributed by atoms with Gasteiger partial charge in [0.05, 0.1) is 12.2 Å². The lowest BCUT2D eigenvalue weighted by Crippen LogP contribution is -2.28. The number of ether oxygens (including phenoxy) is 1. The van der Waals surface area contributed by atoms with Crippen LogP contribution in [0, 0.1) is 6.92 Å². The van der Waals surface area contributed by atoms with Crippen molar-refractivity contribution in [3.8, 4) is 17.0 Å². The van der Waals surface area contributed by atoms with Gasteiger partial charge in [0.2, 0.25) is 0 Å². The number of carbonyl (C=O) groups excluding carboxylic acids is 1. The summed E-state index contributed by atoms with van der Waals surface area (Å²) < 4.78 is 5.48. The average molecular weight is 373 g/mol. The molecule has 1 heterocycles. The number of hydrogen-bond donors (Lipinski definition) is 1. The van der Waals surface area contributed by atoms with E-state index in [9.17, 15) is 4.79 Å². The fourth-order valence-electron chi connectivity index (χ4n) is 2.22. The molecule has 1 N–H and O–H groups in total. The molecule has 3 aromatic rings. The summed E-state index contributed by atoms with van der Waals surface area (Å²) in [6.45, 7) is 2.35. The number of thiazole rings is 1. The van der Waals surface area contributed by atoms with Gasteiger partial charge in [-0.15, -0.1) is 11.3 Å². The Morgan fingerprint density at radius 2 is 2.04 bits per heavy atom. The van der Waals surface area contributed by atoms with Gasteiger partial charge in [-0.25, -0.2) is 4.98 Å². The topological polar surface area (TPSA) is 51.2 Å². The van der Waals surface area contributed by atoms with E-state index in [2.05, 4.69) is 10.3 Å². The van der Waals surface area contributed by atoms with Crippen LogP contribution in [0.2, 0.25) is 5.02 Å². The largest absolute Gasteiger partial charge is 0.484 e. The molecule has 0 unspecified atom stereocenters. The number of halogens is 1. The van der Waals surface area contributed by atoms with Crippen LogP contribution < -0.4 is 10.1 Å². The zero-order valence-corrected chi connectivity index (χ0v) is 15.2. The predicted molar refractivity (Wildman–Crippen MR) is 101 cm³/mol. The Bertz CT molecular complexity index is 862. The summed E-state index contributed by atoms with van der Waals surface area (Å²) in [4.78, 5) is 16.4.